The Labute approximate surface area is 135 Å². The Morgan fingerprint density at radius 1 is 1.14 bits per heavy atom. The molecule has 4 heteroatoms. The van der Waals surface area contributed by atoms with Gasteiger partial charge in [-0.1, -0.05) is 53.0 Å². The summed E-state index contributed by atoms with van der Waals surface area (Å²) in [5, 5.41) is 4.40. The van der Waals surface area contributed by atoms with Gasteiger partial charge < -0.3 is 5.32 Å². The van der Waals surface area contributed by atoms with Crippen molar-refractivity contribution in [1.82, 2.24) is 4.98 Å². The monoisotopic (exact) mass is 320 g/mol. The van der Waals surface area contributed by atoms with E-state index in [0.717, 1.165) is 24.1 Å². The molecule has 2 nitrogen and oxygen atoms in total. The van der Waals surface area contributed by atoms with Crippen molar-refractivity contribution in [2.45, 2.75) is 38.6 Å². The molecule has 21 heavy (non-hydrogen) atoms. The van der Waals surface area contributed by atoms with E-state index < -0.39 is 0 Å². The maximum Gasteiger partial charge on any atom is 0.154 e. The number of hydrogen-bond acceptors (Lipinski definition) is 2. The van der Waals surface area contributed by atoms with Crippen LogP contribution in [0.25, 0.3) is 0 Å². The van der Waals surface area contributed by atoms with Crippen LogP contribution in [0, 0.1) is 13.8 Å². The van der Waals surface area contributed by atoms with Gasteiger partial charge in [-0.15, -0.1) is 0 Å². The highest BCUT2D eigenvalue weighted by Gasteiger charge is 2.31. The average molecular weight is 321 g/mol. The van der Waals surface area contributed by atoms with Gasteiger partial charge in [0.1, 0.15) is 5.15 Å². The molecule has 1 aliphatic rings. The van der Waals surface area contributed by atoms with Gasteiger partial charge in [0.25, 0.3) is 0 Å². The van der Waals surface area contributed by atoms with E-state index in [1.165, 1.54) is 11.1 Å². The zero-order chi connectivity index (χ0) is 15.0. The molecule has 0 radical (unpaired) electrons. The van der Waals surface area contributed by atoms with Crippen molar-refractivity contribution < 1.29 is 0 Å². The third-order valence-corrected chi connectivity index (χ3v) is 4.61. The summed E-state index contributed by atoms with van der Waals surface area (Å²) in [5.41, 5.74) is 4.71. The van der Waals surface area contributed by atoms with Gasteiger partial charge >= 0.3 is 0 Å². The summed E-state index contributed by atoms with van der Waals surface area (Å²) in [4.78, 5) is 4.10. The van der Waals surface area contributed by atoms with Gasteiger partial charge in [-0.3, -0.25) is 0 Å². The molecule has 1 aromatic heterocycles. The van der Waals surface area contributed by atoms with Crippen molar-refractivity contribution in [2.75, 3.05) is 5.32 Å². The van der Waals surface area contributed by atoms with E-state index in [4.69, 9.17) is 23.2 Å². The molecule has 1 heterocycles. The normalized spacial score (nSPS) is 21.0. The number of halogens is 2. The molecule has 0 saturated heterocycles. The van der Waals surface area contributed by atoms with Crippen LogP contribution in [0.1, 0.15) is 35.4 Å². The van der Waals surface area contributed by atoms with Crippen LogP contribution < -0.4 is 5.32 Å². The molecule has 2 aromatic rings. The summed E-state index contributed by atoms with van der Waals surface area (Å²) in [5.74, 6) is 0.641. The number of nitrogens with one attached hydrogen (secondary N) is 1. The van der Waals surface area contributed by atoms with E-state index in [-0.39, 0.29) is 0 Å². The predicted molar refractivity (Wildman–Crippen MR) is 89.6 cm³/mol. The minimum atomic E-state index is 0.439. The number of hydrogen-bond donors (Lipinski definition) is 1. The fourth-order valence-corrected chi connectivity index (χ4v) is 3.49. The quantitative estimate of drug-likeness (QED) is 0.769. The molecule has 0 amide bonds. The van der Waals surface area contributed by atoms with E-state index in [2.05, 4.69) is 41.5 Å². The number of aryl methyl sites for hydroxylation is 2. The molecule has 1 fully saturated rings. The SMILES string of the molecule is Cc1cccc(C2CC(Nc3c(C)cc(Cl)nc3Cl)C2)c1. The highest BCUT2D eigenvalue weighted by atomic mass is 35.5. The minimum Gasteiger partial charge on any atom is -0.380 e. The van der Waals surface area contributed by atoms with Crippen molar-refractivity contribution in [3.8, 4) is 0 Å². The maximum atomic E-state index is 6.18. The fourth-order valence-electron chi connectivity index (χ4n) is 2.90. The Balaban J connectivity index is 1.65. The van der Waals surface area contributed by atoms with E-state index in [1.807, 2.05) is 13.0 Å². The Hall–Kier alpha value is -1.25. The first kappa shape index (κ1) is 14.7. The van der Waals surface area contributed by atoms with Crippen molar-refractivity contribution in [3.63, 3.8) is 0 Å². The second-order valence-corrected chi connectivity index (χ2v) is 6.60. The van der Waals surface area contributed by atoms with Crippen molar-refractivity contribution in [1.29, 1.82) is 0 Å². The number of aromatic nitrogens is 1. The van der Waals surface area contributed by atoms with Crippen LogP contribution in [-0.2, 0) is 0 Å². The highest BCUT2D eigenvalue weighted by Crippen LogP contribution is 2.40. The van der Waals surface area contributed by atoms with E-state index >= 15 is 0 Å². The molecular weight excluding hydrogens is 303 g/mol. The second kappa shape index (κ2) is 5.86. The maximum absolute atomic E-state index is 6.18. The molecule has 1 aromatic carbocycles. The van der Waals surface area contributed by atoms with Crippen LogP contribution in [-0.4, -0.2) is 11.0 Å². The molecule has 0 unspecified atom stereocenters. The van der Waals surface area contributed by atoms with Gasteiger partial charge in [0.05, 0.1) is 5.69 Å². The molecule has 0 bridgehead atoms. The summed E-state index contributed by atoms with van der Waals surface area (Å²) < 4.78 is 0. The first-order chi connectivity index (χ1) is 10.0. The predicted octanol–water partition coefficient (Wildman–Crippen LogP) is 5.36. The van der Waals surface area contributed by atoms with Gasteiger partial charge in [-0.25, -0.2) is 4.98 Å². The average Bonchev–Trinajstić information content (AvgIpc) is 2.35. The van der Waals surface area contributed by atoms with E-state index in [0.29, 0.717) is 22.3 Å². The molecule has 0 aliphatic heterocycles. The van der Waals surface area contributed by atoms with Gasteiger partial charge in [-0.05, 0) is 49.8 Å². The number of anilines is 1. The van der Waals surface area contributed by atoms with Crippen LogP contribution in [0.4, 0.5) is 5.69 Å². The molecule has 1 aliphatic carbocycles. The lowest BCUT2D eigenvalue weighted by Gasteiger charge is -2.37. The van der Waals surface area contributed by atoms with Crippen LogP contribution in [0.2, 0.25) is 10.3 Å². The topological polar surface area (TPSA) is 24.9 Å². The highest BCUT2D eigenvalue weighted by molar-refractivity contribution is 6.34. The molecule has 0 atom stereocenters. The zero-order valence-corrected chi connectivity index (χ0v) is 13.7. The smallest absolute Gasteiger partial charge is 0.154 e. The lowest BCUT2D eigenvalue weighted by molar-refractivity contribution is 0.374. The number of nitrogens with zero attached hydrogens (tertiary/aromatic N) is 1. The minimum absolute atomic E-state index is 0.439. The van der Waals surface area contributed by atoms with Gasteiger partial charge in [0.2, 0.25) is 0 Å². The van der Waals surface area contributed by atoms with Crippen LogP contribution >= 0.6 is 23.2 Å². The third kappa shape index (κ3) is 3.17. The van der Waals surface area contributed by atoms with Gasteiger partial charge in [-0.2, -0.15) is 0 Å². The van der Waals surface area contributed by atoms with Crippen molar-refractivity contribution >= 4 is 28.9 Å². The lowest BCUT2D eigenvalue weighted by atomic mass is 9.75. The summed E-state index contributed by atoms with van der Waals surface area (Å²) in [6, 6.07) is 11.1. The fraction of sp³-hybridized carbons (Fsp3) is 0.353. The number of rotatable bonds is 3. The molecular formula is C17H18Cl2N2. The van der Waals surface area contributed by atoms with Crippen LogP contribution in [0.5, 0.6) is 0 Å². The Kier molecular flexibility index (Phi) is 4.10. The molecule has 3 rings (SSSR count). The third-order valence-electron chi connectivity index (χ3n) is 4.14. The number of benzene rings is 1. The largest absolute Gasteiger partial charge is 0.380 e. The number of pyridine rings is 1. The Morgan fingerprint density at radius 3 is 2.57 bits per heavy atom. The van der Waals surface area contributed by atoms with Crippen molar-refractivity contribution in [3.05, 3.63) is 57.3 Å². The summed E-state index contributed by atoms with van der Waals surface area (Å²) in [7, 11) is 0. The second-order valence-electron chi connectivity index (χ2n) is 5.85. The lowest BCUT2D eigenvalue weighted by Crippen LogP contribution is -2.34. The summed E-state index contributed by atoms with van der Waals surface area (Å²) >= 11 is 12.1. The summed E-state index contributed by atoms with van der Waals surface area (Å²) in [6.07, 6.45) is 2.25. The Bertz CT molecular complexity index is 641. The van der Waals surface area contributed by atoms with Crippen LogP contribution in [0.3, 0.4) is 0 Å². The standard InChI is InChI=1S/C17H18Cl2N2/c1-10-4-3-5-12(6-10)13-8-14(9-13)20-16-11(2)7-15(18)21-17(16)19/h3-7,13-14,20H,8-9H2,1-2H3. The van der Waals surface area contributed by atoms with Crippen LogP contribution in [0.15, 0.2) is 30.3 Å². The molecule has 110 valence electrons. The first-order valence-electron chi connectivity index (χ1n) is 7.18. The van der Waals surface area contributed by atoms with E-state index in [9.17, 15) is 0 Å². The first-order valence-corrected chi connectivity index (χ1v) is 7.94. The van der Waals surface area contributed by atoms with E-state index in [1.54, 1.807) is 0 Å². The Morgan fingerprint density at radius 2 is 1.90 bits per heavy atom. The zero-order valence-electron chi connectivity index (χ0n) is 12.2. The molecule has 0 spiro atoms. The van der Waals surface area contributed by atoms with Gasteiger partial charge in [0.15, 0.2) is 5.15 Å². The van der Waals surface area contributed by atoms with Crippen molar-refractivity contribution in [2.24, 2.45) is 0 Å². The molecule has 1 saturated carbocycles. The molecule has 1 N–H and O–H groups in total. The van der Waals surface area contributed by atoms with Gasteiger partial charge in [0, 0.05) is 6.04 Å². The summed E-state index contributed by atoms with van der Waals surface area (Å²) in [6.45, 7) is 4.14.